The molecule has 0 spiro atoms. The number of aliphatic hydroxyl groups is 2. The summed E-state index contributed by atoms with van der Waals surface area (Å²) in [6.45, 7) is -1.57. The van der Waals surface area contributed by atoms with Gasteiger partial charge in [-0.25, -0.2) is 9.78 Å². The van der Waals surface area contributed by atoms with Gasteiger partial charge in [-0.3, -0.25) is 52.7 Å². The van der Waals surface area contributed by atoms with Crippen LogP contribution in [0, 0.1) is 0 Å². The molecule has 0 unspecified atom stereocenters. The molecule has 3 rings (SSSR count). The van der Waals surface area contributed by atoms with Crippen molar-refractivity contribution in [3.63, 3.8) is 0 Å². The van der Waals surface area contributed by atoms with E-state index in [0.717, 1.165) is 0 Å². The number of imidazole rings is 1. The number of aliphatic carboxylic acids is 3. The number of nitrogens with one attached hydrogen (secondary N) is 10. The Labute approximate surface area is 456 Å². The minimum absolute atomic E-state index is 0.0109. The summed E-state index contributed by atoms with van der Waals surface area (Å²) in [6, 6.07) is -0.585. The van der Waals surface area contributed by atoms with Gasteiger partial charge in [-0.2, -0.15) is 0 Å². The zero-order chi connectivity index (χ0) is 59.5. The van der Waals surface area contributed by atoms with Crippen molar-refractivity contribution in [3.05, 3.63) is 83.9 Å². The Bertz CT molecular complexity index is 2610. The molecule has 0 aliphatic carbocycles. The van der Waals surface area contributed by atoms with Crippen molar-refractivity contribution >= 4 is 71.1 Å². The smallest absolute Gasteiger partial charge is 0.326 e. The minimum Gasteiger partial charge on any atom is -0.508 e. The molecule has 0 aliphatic heterocycles. The van der Waals surface area contributed by atoms with Crippen LogP contribution in [-0.2, 0) is 76.8 Å². The highest BCUT2D eigenvalue weighted by atomic mass is 16.4. The van der Waals surface area contributed by atoms with E-state index in [0.29, 0.717) is 29.7 Å². The Morgan fingerprint density at radius 1 is 0.550 bits per heavy atom. The fourth-order valence-corrected chi connectivity index (χ4v) is 7.35. The summed E-state index contributed by atoms with van der Waals surface area (Å²) in [4.78, 5) is 161. The third-order valence-corrected chi connectivity index (χ3v) is 11.7. The maximum absolute atomic E-state index is 13.8. The van der Waals surface area contributed by atoms with E-state index in [2.05, 4.69) is 41.9 Å². The molecule has 0 fully saturated rings. The first-order valence-corrected chi connectivity index (χ1v) is 24.8. The van der Waals surface area contributed by atoms with Crippen molar-refractivity contribution in [3.8, 4) is 5.75 Å². The number of H-pyrrole nitrogens is 1. The fraction of sp³-hybridized carbons (Fsp3) is 0.449. The first kappa shape index (κ1) is 65.2. The van der Waals surface area contributed by atoms with Crippen LogP contribution in [0.5, 0.6) is 5.75 Å². The Morgan fingerprint density at radius 3 is 1.60 bits per heavy atom. The van der Waals surface area contributed by atoms with Gasteiger partial charge in [-0.1, -0.05) is 42.5 Å². The number of unbranched alkanes of at least 4 members (excludes halogenated alkanes) is 1. The molecule has 0 radical (unpaired) electrons. The average Bonchev–Trinajstić information content (AvgIpc) is 3.93. The number of phenolic OH excluding ortho intramolecular Hbond substituents is 1. The highest BCUT2D eigenvalue weighted by Gasteiger charge is 2.35. The maximum Gasteiger partial charge on any atom is 0.326 e. The van der Waals surface area contributed by atoms with Crippen molar-refractivity contribution in [2.24, 2.45) is 11.5 Å². The fourth-order valence-electron chi connectivity index (χ4n) is 7.35. The lowest BCUT2D eigenvalue weighted by atomic mass is 10.0. The van der Waals surface area contributed by atoms with E-state index in [-0.39, 0.29) is 38.0 Å². The van der Waals surface area contributed by atoms with Crippen LogP contribution < -0.4 is 59.3 Å². The number of hydrogen-bond acceptors (Lipinski definition) is 18. The van der Waals surface area contributed by atoms with Crippen LogP contribution in [0.15, 0.2) is 67.1 Å². The summed E-state index contributed by atoms with van der Waals surface area (Å²) >= 11 is 0. The molecule has 9 amide bonds. The van der Waals surface area contributed by atoms with Gasteiger partial charge in [0.25, 0.3) is 0 Å². The number of rotatable bonds is 35. The number of phenols is 1. The Morgan fingerprint density at radius 2 is 1.05 bits per heavy atom. The van der Waals surface area contributed by atoms with Gasteiger partial charge >= 0.3 is 17.9 Å². The highest BCUT2D eigenvalue weighted by Crippen LogP contribution is 2.12. The van der Waals surface area contributed by atoms with E-state index in [4.69, 9.17) is 16.6 Å². The zero-order valence-electron chi connectivity index (χ0n) is 43.2. The number of carbonyl (C=O) groups is 12. The van der Waals surface area contributed by atoms with Gasteiger partial charge in [-0.05, 0) is 62.4 Å². The zero-order valence-corrected chi connectivity index (χ0v) is 43.2. The first-order chi connectivity index (χ1) is 37.9. The summed E-state index contributed by atoms with van der Waals surface area (Å²) in [6.07, 6.45) is 0.966. The molecule has 2 aromatic carbocycles. The van der Waals surface area contributed by atoms with Crippen molar-refractivity contribution in [2.75, 3.05) is 26.3 Å². The number of aromatic amines is 1. The van der Waals surface area contributed by atoms with E-state index in [1.54, 1.807) is 47.8 Å². The molecule has 1 heterocycles. The predicted octanol–water partition coefficient (Wildman–Crippen LogP) is -6.37. The summed E-state index contributed by atoms with van der Waals surface area (Å²) < 4.78 is 0. The second-order valence-electron chi connectivity index (χ2n) is 18.1. The van der Waals surface area contributed by atoms with Crippen molar-refractivity contribution in [1.29, 1.82) is 0 Å². The lowest BCUT2D eigenvalue weighted by Crippen LogP contribution is -2.61. The summed E-state index contributed by atoms with van der Waals surface area (Å²) in [5.74, 6) is -14.6. The van der Waals surface area contributed by atoms with Gasteiger partial charge < -0.3 is 94.9 Å². The second-order valence-corrected chi connectivity index (χ2v) is 18.1. The first-order valence-electron chi connectivity index (χ1n) is 24.8. The van der Waals surface area contributed by atoms with Crippen LogP contribution in [0.1, 0.15) is 55.8 Å². The molecule has 0 aliphatic rings. The third-order valence-electron chi connectivity index (χ3n) is 11.7. The number of aromatic hydroxyl groups is 1. The standard InChI is InChI=1S/C49H67N13O18/c1-25(55-44(74)31(9-5-6-14-50)56-38(66)21-53-43(73)33(17-28-20-52-24-54-28)58-42(72)30(51)15-27-10-12-29(65)13-11-27)41(71)57-32(16-26-7-3-2-4-8-26)45(75)61-37(23-64)48(78)62-36(22-63)47(77)59-34(18-39(67)68)46(76)60-35(49(79)80)19-40(69)70/h2-4,7-8,10-13,20,24-25,30-37,63-65H,5-6,9,14-19,21-23,50-51H2,1H3,(H,52,54)(H,53,73)(H,55,74)(H,56,66)(H,57,71)(H,58,72)(H,59,77)(H,60,76)(H,61,75)(H,62,78)(H,67,68)(H,69,70)(H,79,80)/t25-,30-,31-,32-,33-,34-,35-,36-,37-/m0/s1. The number of aromatic nitrogens is 2. The quantitative estimate of drug-likeness (QED) is 0.0244. The molecular formula is C49H67N13O18. The van der Waals surface area contributed by atoms with Crippen LogP contribution >= 0.6 is 0 Å². The number of hydrogen-bond donors (Lipinski definition) is 18. The van der Waals surface area contributed by atoms with Crippen molar-refractivity contribution in [1.82, 2.24) is 57.8 Å². The molecule has 3 aromatic rings. The van der Waals surface area contributed by atoms with Crippen LogP contribution in [0.3, 0.4) is 0 Å². The van der Waals surface area contributed by atoms with E-state index in [1.165, 1.54) is 31.6 Å². The second kappa shape index (κ2) is 33.3. The van der Waals surface area contributed by atoms with Crippen LogP contribution in [-0.4, -0.2) is 192 Å². The molecule has 0 saturated heterocycles. The van der Waals surface area contributed by atoms with Gasteiger partial charge in [-0.15, -0.1) is 0 Å². The summed E-state index contributed by atoms with van der Waals surface area (Å²) in [5.41, 5.74) is 13.4. The van der Waals surface area contributed by atoms with Crippen LogP contribution in [0.4, 0.5) is 0 Å². The van der Waals surface area contributed by atoms with E-state index >= 15 is 0 Å². The molecule has 436 valence electrons. The normalized spacial score (nSPS) is 14.3. The van der Waals surface area contributed by atoms with Crippen LogP contribution in [0.2, 0.25) is 0 Å². The van der Waals surface area contributed by atoms with Crippen LogP contribution in [0.25, 0.3) is 0 Å². The number of carbonyl (C=O) groups excluding carboxylic acids is 9. The molecule has 80 heavy (non-hydrogen) atoms. The minimum atomic E-state index is -2.07. The number of carboxylic acid groups (broad SMARTS) is 3. The lowest BCUT2D eigenvalue weighted by Gasteiger charge is -2.26. The molecule has 20 N–H and O–H groups in total. The average molecular weight is 1130 g/mol. The number of aliphatic hydroxyl groups excluding tert-OH is 2. The molecule has 9 atom stereocenters. The van der Waals surface area contributed by atoms with Gasteiger partial charge in [0.05, 0.1) is 45.0 Å². The monoisotopic (exact) mass is 1130 g/mol. The highest BCUT2D eigenvalue weighted by molar-refractivity contribution is 5.99. The number of nitrogens with two attached hydrogens (primary N) is 2. The Hall–Kier alpha value is -9.07. The van der Waals surface area contributed by atoms with Crippen molar-refractivity contribution < 1.29 is 88.2 Å². The third kappa shape index (κ3) is 22.9. The molecule has 31 nitrogen and oxygen atoms in total. The number of nitrogens with zero attached hydrogens (tertiary/aromatic N) is 1. The summed E-state index contributed by atoms with van der Waals surface area (Å²) in [5, 5.41) is 77.7. The molecule has 31 heteroatoms. The summed E-state index contributed by atoms with van der Waals surface area (Å²) in [7, 11) is 0. The predicted molar refractivity (Wildman–Crippen MR) is 276 cm³/mol. The molecule has 0 bridgehead atoms. The lowest BCUT2D eigenvalue weighted by molar-refractivity contribution is -0.148. The van der Waals surface area contributed by atoms with Gasteiger partial charge in [0, 0.05) is 24.7 Å². The van der Waals surface area contributed by atoms with E-state index < -0.39 is 158 Å². The van der Waals surface area contributed by atoms with E-state index in [1.807, 2.05) is 10.6 Å². The number of benzene rings is 2. The van der Waals surface area contributed by atoms with Gasteiger partial charge in [0.15, 0.2) is 0 Å². The molecule has 0 saturated carbocycles. The topological polar surface area (TPSA) is 515 Å². The van der Waals surface area contributed by atoms with E-state index in [9.17, 15) is 83.1 Å². The van der Waals surface area contributed by atoms with Crippen molar-refractivity contribution in [2.45, 2.75) is 113 Å². The largest absolute Gasteiger partial charge is 0.508 e. The Kier molecular flexibility index (Phi) is 27.1. The number of carboxylic acids is 3. The SMILES string of the molecule is C[C@H](NC(=O)[C@H](CCCCN)NC(=O)CNC(=O)[C@H](Cc1cnc[nH]1)NC(=O)[C@@H](N)Cc1ccc(O)cc1)C(=O)N[C@@H](Cc1ccccc1)C(=O)N[C@@H](CO)C(=O)N[C@@H](CO)C(=O)N[C@@H](CC(=O)O)C(=O)N[C@@H](CC(=O)O)C(=O)O. The van der Waals surface area contributed by atoms with Gasteiger partial charge in [0.1, 0.15) is 54.1 Å². The number of amides is 9. The molecular weight excluding hydrogens is 1060 g/mol. The molecule has 1 aromatic heterocycles. The maximum atomic E-state index is 13.8. The van der Waals surface area contributed by atoms with Gasteiger partial charge in [0.2, 0.25) is 53.2 Å². The Balaban J connectivity index is 1.70.